The first-order chi connectivity index (χ1) is 11.9. The van der Waals surface area contributed by atoms with Gasteiger partial charge in [-0.3, -0.25) is 19.6 Å². The van der Waals surface area contributed by atoms with E-state index in [0.717, 1.165) is 5.56 Å². The van der Waals surface area contributed by atoms with Gasteiger partial charge in [0, 0.05) is 22.7 Å². The van der Waals surface area contributed by atoms with E-state index >= 15 is 0 Å². The number of H-pyrrole nitrogens is 1. The van der Waals surface area contributed by atoms with Gasteiger partial charge in [0.1, 0.15) is 0 Å². The van der Waals surface area contributed by atoms with Crippen molar-refractivity contribution in [2.45, 2.75) is 33.7 Å². The van der Waals surface area contributed by atoms with Crippen molar-refractivity contribution in [3.8, 4) is 0 Å². The van der Waals surface area contributed by atoms with Crippen molar-refractivity contribution >= 4 is 29.2 Å². The molecular weight excluding hydrogens is 342 g/mol. The largest absolute Gasteiger partial charge is 0.277 e. The van der Waals surface area contributed by atoms with Crippen LogP contribution in [0.3, 0.4) is 0 Å². The maximum Gasteiger partial charge on any atom is 0.277 e. The molecule has 2 aromatic heterocycles. The first-order valence-corrected chi connectivity index (χ1v) is 8.29. The summed E-state index contributed by atoms with van der Waals surface area (Å²) in [6.45, 7) is 5.56. The fourth-order valence-electron chi connectivity index (χ4n) is 2.46. The van der Waals surface area contributed by atoms with E-state index < -0.39 is 0 Å². The number of carbonyl (C=O) groups is 1. The number of nitrogens with zero attached hydrogens (tertiary/aromatic N) is 4. The van der Waals surface area contributed by atoms with Gasteiger partial charge in [-0.1, -0.05) is 30.7 Å². The van der Waals surface area contributed by atoms with Crippen molar-refractivity contribution in [1.29, 1.82) is 0 Å². The van der Waals surface area contributed by atoms with Crippen LogP contribution in [0.2, 0.25) is 5.02 Å². The van der Waals surface area contributed by atoms with Crippen LogP contribution in [0.15, 0.2) is 29.1 Å². The van der Waals surface area contributed by atoms with Crippen LogP contribution in [0.5, 0.6) is 0 Å². The first-order valence-electron chi connectivity index (χ1n) is 7.91. The lowest BCUT2D eigenvalue weighted by atomic mass is 10.2. The molecule has 7 nitrogen and oxygen atoms in total. The Morgan fingerprint density at radius 3 is 2.56 bits per heavy atom. The molecule has 0 unspecified atom stereocenters. The molecular formula is C17H18ClN5O2. The van der Waals surface area contributed by atoms with Crippen LogP contribution < -0.4 is 10.5 Å². The SMILES string of the molecule is CCC(=O)N(Cc1ccc(Cl)cc1)c1nc2nc(C)c(C)c(=O)n2[nH]1. The van der Waals surface area contributed by atoms with Crippen molar-refractivity contribution in [2.75, 3.05) is 4.90 Å². The lowest BCUT2D eigenvalue weighted by Crippen LogP contribution is -2.31. The number of aryl methyl sites for hydroxylation is 1. The molecule has 0 aliphatic carbocycles. The van der Waals surface area contributed by atoms with E-state index in [4.69, 9.17) is 11.6 Å². The van der Waals surface area contributed by atoms with Crippen LogP contribution in [0.4, 0.5) is 5.95 Å². The third-order valence-electron chi connectivity index (χ3n) is 4.07. The molecule has 0 saturated carbocycles. The van der Waals surface area contributed by atoms with Crippen molar-refractivity contribution in [2.24, 2.45) is 0 Å². The predicted molar refractivity (Wildman–Crippen MR) is 96.0 cm³/mol. The van der Waals surface area contributed by atoms with Gasteiger partial charge in [0.2, 0.25) is 11.9 Å². The summed E-state index contributed by atoms with van der Waals surface area (Å²) in [4.78, 5) is 34.9. The molecule has 0 aliphatic heterocycles. The summed E-state index contributed by atoms with van der Waals surface area (Å²) in [5.74, 6) is 0.417. The van der Waals surface area contributed by atoms with E-state index in [1.54, 1.807) is 32.9 Å². The van der Waals surface area contributed by atoms with Gasteiger partial charge in [0.05, 0.1) is 6.54 Å². The highest BCUT2D eigenvalue weighted by molar-refractivity contribution is 6.30. The highest BCUT2D eigenvalue weighted by Crippen LogP contribution is 2.17. The number of hydrogen-bond donors (Lipinski definition) is 1. The molecule has 0 aliphatic rings. The van der Waals surface area contributed by atoms with Crippen LogP contribution >= 0.6 is 11.6 Å². The topological polar surface area (TPSA) is 83.4 Å². The maximum atomic E-state index is 12.4. The summed E-state index contributed by atoms with van der Waals surface area (Å²) in [7, 11) is 0. The summed E-state index contributed by atoms with van der Waals surface area (Å²) < 4.78 is 1.26. The summed E-state index contributed by atoms with van der Waals surface area (Å²) in [5, 5.41) is 3.52. The van der Waals surface area contributed by atoms with Crippen molar-refractivity contribution in [3.05, 3.63) is 56.5 Å². The fourth-order valence-corrected chi connectivity index (χ4v) is 2.58. The van der Waals surface area contributed by atoms with Crippen molar-refractivity contribution in [1.82, 2.24) is 19.6 Å². The number of nitrogens with one attached hydrogen (secondary N) is 1. The molecule has 1 amide bonds. The van der Waals surface area contributed by atoms with Gasteiger partial charge >= 0.3 is 0 Å². The number of amides is 1. The average Bonchev–Trinajstić information content (AvgIpc) is 3.02. The Labute approximate surface area is 149 Å². The van der Waals surface area contributed by atoms with E-state index in [9.17, 15) is 9.59 Å². The van der Waals surface area contributed by atoms with Gasteiger partial charge in [-0.25, -0.2) is 4.98 Å². The van der Waals surface area contributed by atoms with Gasteiger partial charge in [0.25, 0.3) is 11.3 Å². The molecule has 130 valence electrons. The molecule has 0 radical (unpaired) electrons. The Hall–Kier alpha value is -2.67. The Morgan fingerprint density at radius 1 is 1.24 bits per heavy atom. The lowest BCUT2D eigenvalue weighted by molar-refractivity contribution is -0.118. The predicted octanol–water partition coefficient (Wildman–Crippen LogP) is 2.63. The number of aromatic nitrogens is 4. The number of anilines is 1. The van der Waals surface area contributed by atoms with Gasteiger partial charge in [-0.05, 0) is 31.5 Å². The molecule has 1 N–H and O–H groups in total. The van der Waals surface area contributed by atoms with E-state index in [2.05, 4.69) is 15.1 Å². The quantitative estimate of drug-likeness (QED) is 0.776. The minimum atomic E-state index is -0.225. The first kappa shape index (κ1) is 17.2. The van der Waals surface area contributed by atoms with Gasteiger partial charge < -0.3 is 0 Å². The molecule has 0 bridgehead atoms. The van der Waals surface area contributed by atoms with Crippen LogP contribution in [0.1, 0.15) is 30.2 Å². The second-order valence-corrected chi connectivity index (χ2v) is 6.21. The van der Waals surface area contributed by atoms with Gasteiger partial charge in [0.15, 0.2) is 0 Å². The molecule has 0 fully saturated rings. The summed E-state index contributed by atoms with van der Waals surface area (Å²) in [6.07, 6.45) is 0.311. The number of aromatic amines is 1. The zero-order valence-corrected chi connectivity index (χ0v) is 15.0. The van der Waals surface area contributed by atoms with Crippen LogP contribution in [0.25, 0.3) is 5.78 Å². The number of fused-ring (bicyclic) bond motifs is 1. The Kier molecular flexibility index (Phi) is 4.59. The lowest BCUT2D eigenvalue weighted by Gasteiger charge is -2.19. The standard InChI is InChI=1S/C17H18ClN5O2/c1-4-14(24)22(9-12-5-7-13(18)8-6-12)17-20-16-19-11(3)10(2)15(25)23(16)21-17/h5-8H,4,9H2,1-3H3,(H,19,20,21). The van der Waals surface area contributed by atoms with E-state index in [1.807, 2.05) is 12.1 Å². The normalized spacial score (nSPS) is 11.0. The highest BCUT2D eigenvalue weighted by atomic mass is 35.5. The number of carbonyl (C=O) groups excluding carboxylic acids is 1. The minimum absolute atomic E-state index is 0.115. The Balaban J connectivity index is 2.06. The number of halogens is 1. The monoisotopic (exact) mass is 359 g/mol. The highest BCUT2D eigenvalue weighted by Gasteiger charge is 2.20. The van der Waals surface area contributed by atoms with Crippen LogP contribution in [-0.4, -0.2) is 25.5 Å². The average molecular weight is 360 g/mol. The van der Waals surface area contributed by atoms with Crippen LogP contribution in [-0.2, 0) is 11.3 Å². The molecule has 3 rings (SSSR count). The third-order valence-corrected chi connectivity index (χ3v) is 4.32. The third kappa shape index (κ3) is 3.28. The van der Waals surface area contributed by atoms with Crippen molar-refractivity contribution in [3.63, 3.8) is 0 Å². The van der Waals surface area contributed by atoms with Gasteiger partial charge in [-0.15, -0.1) is 0 Å². The molecule has 8 heteroatoms. The van der Waals surface area contributed by atoms with Crippen molar-refractivity contribution < 1.29 is 4.79 Å². The summed E-state index contributed by atoms with van der Waals surface area (Å²) >= 11 is 5.91. The zero-order chi connectivity index (χ0) is 18.1. The van der Waals surface area contributed by atoms with Crippen LogP contribution in [0, 0.1) is 13.8 Å². The molecule has 0 saturated heterocycles. The van der Waals surface area contributed by atoms with E-state index in [0.29, 0.717) is 29.2 Å². The Bertz CT molecular complexity index is 991. The second-order valence-electron chi connectivity index (χ2n) is 5.77. The zero-order valence-electron chi connectivity index (χ0n) is 14.2. The number of rotatable bonds is 4. The molecule has 0 spiro atoms. The molecule has 25 heavy (non-hydrogen) atoms. The van der Waals surface area contributed by atoms with Gasteiger partial charge in [-0.2, -0.15) is 9.50 Å². The smallest absolute Gasteiger partial charge is 0.277 e. The molecule has 3 aromatic rings. The number of hydrogen-bond acceptors (Lipinski definition) is 4. The Morgan fingerprint density at radius 2 is 1.92 bits per heavy atom. The summed E-state index contributed by atoms with van der Waals surface area (Å²) in [5.41, 5.74) is 1.84. The maximum absolute atomic E-state index is 12.4. The molecule has 1 aromatic carbocycles. The fraction of sp³-hybridized carbons (Fsp3) is 0.294. The summed E-state index contributed by atoms with van der Waals surface area (Å²) in [6, 6.07) is 7.23. The minimum Gasteiger partial charge on any atom is -0.277 e. The van der Waals surface area contributed by atoms with E-state index in [-0.39, 0.29) is 23.2 Å². The molecule has 0 atom stereocenters. The van der Waals surface area contributed by atoms with E-state index in [1.165, 1.54) is 9.42 Å². The second kappa shape index (κ2) is 6.68. The molecule has 2 heterocycles. The number of benzene rings is 1.